The summed E-state index contributed by atoms with van der Waals surface area (Å²) in [7, 11) is 0. The summed E-state index contributed by atoms with van der Waals surface area (Å²) >= 11 is 0. The van der Waals surface area contributed by atoms with Crippen molar-refractivity contribution in [3.8, 4) is 0 Å². The molecule has 160 valence electrons. The lowest BCUT2D eigenvalue weighted by molar-refractivity contribution is 0.0621. The molecule has 2 aromatic rings. The van der Waals surface area contributed by atoms with Crippen LogP contribution in [0.2, 0.25) is 0 Å². The number of rotatable bonds is 4. The van der Waals surface area contributed by atoms with Gasteiger partial charge in [-0.1, -0.05) is 0 Å². The first-order valence-corrected chi connectivity index (χ1v) is 9.50. The van der Waals surface area contributed by atoms with Gasteiger partial charge in [0, 0.05) is 37.1 Å². The van der Waals surface area contributed by atoms with Crippen molar-refractivity contribution >= 4 is 42.5 Å². The van der Waals surface area contributed by atoms with Gasteiger partial charge < -0.3 is 10.6 Å². The lowest BCUT2D eigenvalue weighted by atomic mass is 9.99. The molecule has 4 rings (SSSR count). The fourth-order valence-corrected chi connectivity index (χ4v) is 3.92. The van der Waals surface area contributed by atoms with Crippen LogP contribution in [0, 0.1) is 0 Å². The number of carbonyl (C=O) groups excluding carboxylic acids is 3. The molecule has 7 nitrogen and oxygen atoms in total. The van der Waals surface area contributed by atoms with Gasteiger partial charge in [-0.05, 0) is 55.2 Å². The summed E-state index contributed by atoms with van der Waals surface area (Å²) in [5.74, 6) is -0.847. The Hall–Kier alpha value is -2.48. The van der Waals surface area contributed by atoms with Crippen LogP contribution in [-0.2, 0) is 6.54 Å². The van der Waals surface area contributed by atoms with Gasteiger partial charge in [0.2, 0.25) is 0 Å². The summed E-state index contributed by atoms with van der Waals surface area (Å²) < 4.78 is 0. The van der Waals surface area contributed by atoms with Crippen molar-refractivity contribution in [2.24, 2.45) is 5.73 Å². The number of pyridine rings is 1. The Bertz CT molecular complexity index is 939. The average molecular weight is 451 g/mol. The molecule has 9 heteroatoms. The molecule has 1 atom stereocenters. The molecule has 0 aliphatic carbocycles. The summed E-state index contributed by atoms with van der Waals surface area (Å²) in [6, 6.07) is 8.31. The fourth-order valence-electron chi connectivity index (χ4n) is 3.92. The van der Waals surface area contributed by atoms with E-state index in [1.165, 1.54) is 4.90 Å². The predicted molar refractivity (Wildman–Crippen MR) is 117 cm³/mol. The lowest BCUT2D eigenvalue weighted by Gasteiger charge is -2.35. The van der Waals surface area contributed by atoms with E-state index in [4.69, 9.17) is 5.73 Å². The molecular weight excluding hydrogens is 427 g/mol. The van der Waals surface area contributed by atoms with Gasteiger partial charge in [-0.15, -0.1) is 24.8 Å². The van der Waals surface area contributed by atoms with Crippen LogP contribution in [0.25, 0.3) is 0 Å². The van der Waals surface area contributed by atoms with Gasteiger partial charge in [0.05, 0.1) is 17.7 Å². The maximum absolute atomic E-state index is 13.0. The summed E-state index contributed by atoms with van der Waals surface area (Å²) in [5.41, 5.74) is 7.69. The second-order valence-corrected chi connectivity index (χ2v) is 7.20. The van der Waals surface area contributed by atoms with Crippen molar-refractivity contribution in [1.82, 2.24) is 14.8 Å². The number of halogens is 2. The average Bonchev–Trinajstić information content (AvgIpc) is 2.98. The number of imide groups is 1. The molecule has 0 saturated carbocycles. The Kier molecular flexibility index (Phi) is 7.95. The van der Waals surface area contributed by atoms with Gasteiger partial charge in [-0.3, -0.25) is 24.3 Å². The highest BCUT2D eigenvalue weighted by molar-refractivity contribution is 6.22. The van der Waals surface area contributed by atoms with Crippen LogP contribution in [0.4, 0.5) is 0 Å². The van der Waals surface area contributed by atoms with Crippen LogP contribution >= 0.6 is 24.8 Å². The van der Waals surface area contributed by atoms with Crippen molar-refractivity contribution in [2.45, 2.75) is 31.8 Å². The highest BCUT2D eigenvalue weighted by atomic mass is 35.5. The van der Waals surface area contributed by atoms with E-state index >= 15 is 0 Å². The smallest absolute Gasteiger partial charge is 0.261 e. The normalized spacial score (nSPS) is 17.8. The minimum atomic E-state index is -0.375. The Balaban J connectivity index is 0.00000160. The number of nitrogens with zero attached hydrogens (tertiary/aromatic N) is 3. The monoisotopic (exact) mass is 450 g/mol. The van der Waals surface area contributed by atoms with Crippen molar-refractivity contribution in [3.63, 3.8) is 0 Å². The van der Waals surface area contributed by atoms with Crippen LogP contribution in [0.3, 0.4) is 0 Å². The van der Waals surface area contributed by atoms with Gasteiger partial charge in [0.1, 0.15) is 0 Å². The molecule has 1 fully saturated rings. The maximum atomic E-state index is 13.0. The van der Waals surface area contributed by atoms with Crippen molar-refractivity contribution in [3.05, 3.63) is 65.0 Å². The maximum Gasteiger partial charge on any atom is 0.261 e. The van der Waals surface area contributed by atoms with E-state index in [1.54, 1.807) is 47.6 Å². The standard InChI is InChI=1S/C21H22N4O3.2ClH/c22-12-16-3-1-2-10-24(16)19(26)15-4-5-17-18(11-15)21(28)25(20(17)27)13-14-6-8-23-9-7-14;;/h4-9,11,16H,1-3,10,12-13,22H2;2*1H. The van der Waals surface area contributed by atoms with E-state index < -0.39 is 0 Å². The number of aromatic nitrogens is 1. The van der Waals surface area contributed by atoms with E-state index in [0.29, 0.717) is 24.2 Å². The molecule has 0 bridgehead atoms. The molecule has 30 heavy (non-hydrogen) atoms. The third-order valence-corrected chi connectivity index (χ3v) is 5.47. The molecule has 2 aliphatic rings. The van der Waals surface area contributed by atoms with E-state index in [1.807, 2.05) is 0 Å². The zero-order valence-electron chi connectivity index (χ0n) is 16.3. The van der Waals surface area contributed by atoms with E-state index in [2.05, 4.69) is 4.98 Å². The van der Waals surface area contributed by atoms with Crippen molar-refractivity contribution < 1.29 is 14.4 Å². The predicted octanol–water partition coefficient (Wildman–Crippen LogP) is 2.67. The molecule has 2 N–H and O–H groups in total. The van der Waals surface area contributed by atoms with Crippen molar-refractivity contribution in [1.29, 1.82) is 0 Å². The van der Waals surface area contributed by atoms with Gasteiger partial charge in [0.25, 0.3) is 17.7 Å². The summed E-state index contributed by atoms with van der Waals surface area (Å²) in [5, 5.41) is 0. The number of likely N-dealkylation sites (tertiary alicyclic amines) is 1. The van der Waals surface area contributed by atoms with E-state index in [9.17, 15) is 14.4 Å². The van der Waals surface area contributed by atoms with Crippen LogP contribution in [0.15, 0.2) is 42.7 Å². The molecule has 3 amide bonds. The number of fused-ring (bicyclic) bond motifs is 1. The molecule has 1 unspecified atom stereocenters. The first kappa shape index (κ1) is 23.8. The number of carbonyl (C=O) groups is 3. The third-order valence-electron chi connectivity index (χ3n) is 5.47. The van der Waals surface area contributed by atoms with E-state index in [0.717, 1.165) is 24.8 Å². The third kappa shape index (κ3) is 4.33. The number of hydrogen-bond donors (Lipinski definition) is 1. The Labute approximate surface area is 187 Å². The quantitative estimate of drug-likeness (QED) is 0.722. The number of hydrogen-bond acceptors (Lipinski definition) is 5. The first-order valence-electron chi connectivity index (χ1n) is 9.50. The Morgan fingerprint density at radius 1 is 1.03 bits per heavy atom. The van der Waals surface area contributed by atoms with Crippen LogP contribution in [0.5, 0.6) is 0 Å². The van der Waals surface area contributed by atoms with Crippen LogP contribution < -0.4 is 5.73 Å². The van der Waals surface area contributed by atoms with Gasteiger partial charge in [-0.25, -0.2) is 0 Å². The topological polar surface area (TPSA) is 96.6 Å². The molecule has 0 radical (unpaired) electrons. The zero-order chi connectivity index (χ0) is 19.7. The number of benzene rings is 1. The lowest BCUT2D eigenvalue weighted by Crippen LogP contribution is -2.47. The van der Waals surface area contributed by atoms with Crippen molar-refractivity contribution in [2.75, 3.05) is 13.1 Å². The molecular formula is C21H24Cl2N4O3. The highest BCUT2D eigenvalue weighted by Crippen LogP contribution is 2.27. The van der Waals surface area contributed by atoms with Gasteiger partial charge in [-0.2, -0.15) is 0 Å². The van der Waals surface area contributed by atoms with E-state index in [-0.39, 0.29) is 60.7 Å². The number of nitrogens with two attached hydrogens (primary N) is 1. The second kappa shape index (κ2) is 10.0. The Morgan fingerprint density at radius 3 is 2.43 bits per heavy atom. The largest absolute Gasteiger partial charge is 0.334 e. The first-order chi connectivity index (χ1) is 13.6. The summed E-state index contributed by atoms with van der Waals surface area (Å²) in [6.45, 7) is 1.27. The number of piperidine rings is 1. The molecule has 3 heterocycles. The molecule has 0 spiro atoms. The minimum Gasteiger partial charge on any atom is -0.334 e. The number of amides is 3. The highest BCUT2D eigenvalue weighted by Gasteiger charge is 2.36. The van der Waals surface area contributed by atoms with Crippen LogP contribution in [0.1, 0.15) is 55.9 Å². The fraction of sp³-hybridized carbons (Fsp3) is 0.333. The van der Waals surface area contributed by atoms with Gasteiger partial charge in [0.15, 0.2) is 0 Å². The zero-order valence-corrected chi connectivity index (χ0v) is 18.0. The minimum absolute atomic E-state index is 0. The Morgan fingerprint density at radius 2 is 1.73 bits per heavy atom. The summed E-state index contributed by atoms with van der Waals surface area (Å²) in [6.07, 6.45) is 6.15. The van der Waals surface area contributed by atoms with Gasteiger partial charge >= 0.3 is 0 Å². The SMILES string of the molecule is Cl.Cl.NCC1CCCCN1C(=O)c1ccc2c(c1)C(=O)N(Cc1ccncc1)C2=O. The molecule has 2 aliphatic heterocycles. The molecule has 1 aromatic heterocycles. The van der Waals surface area contributed by atoms with Crippen LogP contribution in [-0.4, -0.2) is 51.6 Å². The molecule has 1 aromatic carbocycles. The second-order valence-electron chi connectivity index (χ2n) is 7.20. The molecule has 1 saturated heterocycles. The summed E-state index contributed by atoms with van der Waals surface area (Å²) in [4.78, 5) is 45.4.